The summed E-state index contributed by atoms with van der Waals surface area (Å²) in [4.78, 5) is 3.84. The lowest BCUT2D eigenvalue weighted by atomic mass is 10.1. The number of fused-ring (bicyclic) bond motifs is 1. The zero-order valence-electron chi connectivity index (χ0n) is 9.36. The average Bonchev–Trinajstić information content (AvgIpc) is 2.57. The van der Waals surface area contributed by atoms with Crippen LogP contribution in [0.4, 0.5) is 13.2 Å². The van der Waals surface area contributed by atoms with Crippen molar-refractivity contribution in [2.24, 2.45) is 0 Å². The quantitative estimate of drug-likeness (QED) is 0.779. The van der Waals surface area contributed by atoms with Crippen LogP contribution >= 0.6 is 0 Å². The van der Waals surface area contributed by atoms with Gasteiger partial charge in [0.2, 0.25) is 0 Å². The van der Waals surface area contributed by atoms with E-state index in [0.29, 0.717) is 0 Å². The van der Waals surface area contributed by atoms with Gasteiger partial charge in [-0.2, -0.15) is 21.6 Å². The minimum Gasteiger partial charge on any atom is -0.262 e. The number of hydrogen-bond acceptors (Lipinski definition) is 4. The minimum atomic E-state index is -4.55. The van der Waals surface area contributed by atoms with Crippen LogP contribution in [0.1, 0.15) is 29.3 Å². The number of nitrogens with zero attached hydrogens (tertiary/aromatic N) is 1. The average molecular weight is 281 g/mol. The van der Waals surface area contributed by atoms with Gasteiger partial charge >= 0.3 is 6.18 Å². The molecule has 100 valence electrons. The first-order chi connectivity index (χ1) is 8.18. The molecule has 1 aromatic rings. The van der Waals surface area contributed by atoms with Crippen LogP contribution in [0, 0.1) is 0 Å². The third-order valence-electron chi connectivity index (χ3n) is 2.63. The summed E-state index contributed by atoms with van der Waals surface area (Å²) in [6.07, 6.45) is -3.29. The van der Waals surface area contributed by atoms with Crippen molar-refractivity contribution < 1.29 is 25.8 Å². The standard InChI is InChI=1S/C10H10F3NO3S/c1-18(15,16)17-8-3-2-7-9(8)6(4-5-14-7)10(11,12)13/h4-5,8H,2-3H2,1H3. The van der Waals surface area contributed by atoms with Crippen LogP contribution in [0.3, 0.4) is 0 Å². The molecule has 2 rings (SSSR count). The molecule has 0 radical (unpaired) electrons. The van der Waals surface area contributed by atoms with E-state index in [9.17, 15) is 21.6 Å². The van der Waals surface area contributed by atoms with E-state index in [0.717, 1.165) is 18.5 Å². The summed E-state index contributed by atoms with van der Waals surface area (Å²) in [6, 6.07) is 0.836. The van der Waals surface area contributed by atoms with E-state index in [1.807, 2.05) is 0 Å². The number of aromatic nitrogens is 1. The second-order valence-electron chi connectivity index (χ2n) is 4.04. The number of aryl methyl sites for hydroxylation is 1. The number of rotatable bonds is 2. The Morgan fingerprint density at radius 2 is 2.11 bits per heavy atom. The fourth-order valence-corrected chi connectivity index (χ4v) is 2.66. The third-order valence-corrected chi connectivity index (χ3v) is 3.22. The Labute approximate surface area is 102 Å². The first-order valence-corrected chi connectivity index (χ1v) is 6.93. The molecule has 4 nitrogen and oxygen atoms in total. The van der Waals surface area contributed by atoms with Crippen molar-refractivity contribution in [3.63, 3.8) is 0 Å². The van der Waals surface area contributed by atoms with E-state index in [-0.39, 0.29) is 24.1 Å². The molecule has 0 fully saturated rings. The topological polar surface area (TPSA) is 56.3 Å². The lowest BCUT2D eigenvalue weighted by molar-refractivity contribution is -0.139. The molecule has 1 aliphatic carbocycles. The Morgan fingerprint density at radius 3 is 2.67 bits per heavy atom. The highest BCUT2D eigenvalue weighted by Gasteiger charge is 2.40. The fraction of sp³-hybridized carbons (Fsp3) is 0.500. The highest BCUT2D eigenvalue weighted by Crippen LogP contribution is 2.42. The van der Waals surface area contributed by atoms with Gasteiger partial charge in [-0.1, -0.05) is 0 Å². The second-order valence-corrected chi connectivity index (χ2v) is 5.65. The van der Waals surface area contributed by atoms with E-state index in [2.05, 4.69) is 4.98 Å². The molecular formula is C10H10F3NO3S. The summed E-state index contributed by atoms with van der Waals surface area (Å²) in [5.41, 5.74) is -0.785. The molecule has 1 aromatic heterocycles. The number of hydrogen-bond donors (Lipinski definition) is 0. The lowest BCUT2D eigenvalue weighted by Gasteiger charge is -2.16. The first kappa shape index (κ1) is 13.3. The molecule has 1 heterocycles. The maximum Gasteiger partial charge on any atom is 0.416 e. The van der Waals surface area contributed by atoms with Crippen molar-refractivity contribution >= 4 is 10.1 Å². The number of alkyl halides is 3. The summed E-state index contributed by atoms with van der Waals surface area (Å²) in [6.45, 7) is 0. The zero-order chi connectivity index (χ0) is 13.6. The molecule has 8 heteroatoms. The predicted molar refractivity (Wildman–Crippen MR) is 56.2 cm³/mol. The molecule has 0 aliphatic heterocycles. The van der Waals surface area contributed by atoms with Crippen LogP contribution in [0.15, 0.2) is 12.3 Å². The van der Waals surface area contributed by atoms with Crippen molar-refractivity contribution in [3.8, 4) is 0 Å². The van der Waals surface area contributed by atoms with Gasteiger partial charge < -0.3 is 0 Å². The monoisotopic (exact) mass is 281 g/mol. The zero-order valence-corrected chi connectivity index (χ0v) is 10.2. The molecule has 0 N–H and O–H groups in total. The molecular weight excluding hydrogens is 271 g/mol. The first-order valence-electron chi connectivity index (χ1n) is 5.12. The van der Waals surface area contributed by atoms with E-state index in [4.69, 9.17) is 4.18 Å². The van der Waals surface area contributed by atoms with Crippen molar-refractivity contribution in [3.05, 3.63) is 29.1 Å². The SMILES string of the molecule is CS(=O)(=O)OC1CCc2nccc(C(F)(F)F)c21. The van der Waals surface area contributed by atoms with Crippen LogP contribution in [-0.4, -0.2) is 19.7 Å². The van der Waals surface area contributed by atoms with Crippen molar-refractivity contribution in [1.29, 1.82) is 0 Å². The van der Waals surface area contributed by atoms with E-state index in [1.54, 1.807) is 0 Å². The molecule has 0 saturated carbocycles. The predicted octanol–water partition coefficient (Wildman–Crippen LogP) is 2.06. The summed E-state index contributed by atoms with van der Waals surface area (Å²) in [7, 11) is -3.81. The Hall–Kier alpha value is -1.15. The molecule has 18 heavy (non-hydrogen) atoms. The van der Waals surface area contributed by atoms with Crippen LogP contribution in [0.25, 0.3) is 0 Å². The molecule has 1 unspecified atom stereocenters. The van der Waals surface area contributed by atoms with Crippen molar-refractivity contribution in [1.82, 2.24) is 4.98 Å². The van der Waals surface area contributed by atoms with Gasteiger partial charge in [-0.05, 0) is 18.9 Å². The number of halogens is 3. The van der Waals surface area contributed by atoms with Gasteiger partial charge in [0.1, 0.15) is 6.10 Å². The van der Waals surface area contributed by atoms with Gasteiger partial charge in [-0.25, -0.2) is 0 Å². The van der Waals surface area contributed by atoms with Gasteiger partial charge in [0, 0.05) is 17.5 Å². The Bertz CT molecular complexity index is 568. The second kappa shape index (κ2) is 4.20. The van der Waals surface area contributed by atoms with Gasteiger partial charge in [0.25, 0.3) is 10.1 Å². The Balaban J connectivity index is 2.48. The van der Waals surface area contributed by atoms with Crippen LogP contribution < -0.4 is 0 Å². The molecule has 0 saturated heterocycles. The highest BCUT2D eigenvalue weighted by atomic mass is 32.2. The van der Waals surface area contributed by atoms with Crippen LogP contribution in [-0.2, 0) is 26.9 Å². The largest absolute Gasteiger partial charge is 0.416 e. The maximum absolute atomic E-state index is 12.8. The highest BCUT2D eigenvalue weighted by molar-refractivity contribution is 7.86. The summed E-state index contributed by atoms with van der Waals surface area (Å²) >= 11 is 0. The van der Waals surface area contributed by atoms with Crippen LogP contribution in [0.5, 0.6) is 0 Å². The Morgan fingerprint density at radius 1 is 1.44 bits per heavy atom. The number of pyridine rings is 1. The molecule has 1 atom stereocenters. The molecule has 0 spiro atoms. The third kappa shape index (κ3) is 2.64. The van der Waals surface area contributed by atoms with E-state index < -0.39 is 28.0 Å². The van der Waals surface area contributed by atoms with Gasteiger partial charge in [-0.15, -0.1) is 0 Å². The van der Waals surface area contributed by atoms with Crippen molar-refractivity contribution in [2.75, 3.05) is 6.26 Å². The molecule has 1 aliphatic rings. The fourth-order valence-electron chi connectivity index (χ4n) is 2.04. The van der Waals surface area contributed by atoms with Gasteiger partial charge in [-0.3, -0.25) is 9.17 Å². The van der Waals surface area contributed by atoms with E-state index in [1.165, 1.54) is 0 Å². The van der Waals surface area contributed by atoms with Gasteiger partial charge in [0.05, 0.1) is 11.8 Å². The summed E-state index contributed by atoms with van der Waals surface area (Å²) < 4.78 is 65.2. The normalized spacial score (nSPS) is 19.9. The lowest BCUT2D eigenvalue weighted by Crippen LogP contribution is -2.15. The van der Waals surface area contributed by atoms with E-state index >= 15 is 0 Å². The van der Waals surface area contributed by atoms with Crippen molar-refractivity contribution in [2.45, 2.75) is 25.1 Å². The molecule has 0 aromatic carbocycles. The van der Waals surface area contributed by atoms with Gasteiger partial charge in [0.15, 0.2) is 0 Å². The summed E-state index contributed by atoms with van der Waals surface area (Å²) in [5.74, 6) is 0. The van der Waals surface area contributed by atoms with Crippen LogP contribution in [0.2, 0.25) is 0 Å². The maximum atomic E-state index is 12.8. The smallest absolute Gasteiger partial charge is 0.262 e. The molecule has 0 amide bonds. The minimum absolute atomic E-state index is 0.157. The molecule has 0 bridgehead atoms. The Kier molecular flexibility index (Phi) is 3.10. The summed E-state index contributed by atoms with van der Waals surface area (Å²) in [5, 5.41) is 0.